The Morgan fingerprint density at radius 2 is 2.14 bits per heavy atom. The molecule has 0 spiro atoms. The number of aliphatic hydroxyl groups excluding tert-OH is 1. The molecule has 1 rings (SSSR count). The van der Waals surface area contributed by atoms with Gasteiger partial charge >= 0.3 is 0 Å². The molecule has 1 aromatic rings. The van der Waals surface area contributed by atoms with Crippen LogP contribution in [-0.2, 0) is 11.8 Å². The SMILES string of the molecule is CC(O)CCc1nc(C(C)(C)C)cs1. The van der Waals surface area contributed by atoms with Gasteiger partial charge in [0.2, 0.25) is 0 Å². The van der Waals surface area contributed by atoms with E-state index in [1.165, 1.54) is 0 Å². The first-order valence-corrected chi connectivity index (χ1v) is 5.90. The van der Waals surface area contributed by atoms with Gasteiger partial charge in [-0.25, -0.2) is 4.98 Å². The van der Waals surface area contributed by atoms with Gasteiger partial charge in [-0.1, -0.05) is 20.8 Å². The molecular formula is C11H19NOS. The van der Waals surface area contributed by atoms with Crippen molar-refractivity contribution in [2.45, 2.75) is 52.1 Å². The number of thiazole rings is 1. The van der Waals surface area contributed by atoms with Crippen molar-refractivity contribution in [3.8, 4) is 0 Å². The van der Waals surface area contributed by atoms with Gasteiger partial charge in [0.25, 0.3) is 0 Å². The minimum Gasteiger partial charge on any atom is -0.393 e. The highest BCUT2D eigenvalue weighted by molar-refractivity contribution is 7.09. The fraction of sp³-hybridized carbons (Fsp3) is 0.727. The molecule has 0 aliphatic heterocycles. The summed E-state index contributed by atoms with van der Waals surface area (Å²) in [5.41, 5.74) is 1.29. The zero-order chi connectivity index (χ0) is 10.8. The van der Waals surface area contributed by atoms with E-state index in [1.807, 2.05) is 6.92 Å². The maximum atomic E-state index is 9.16. The van der Waals surface area contributed by atoms with E-state index >= 15 is 0 Å². The minimum atomic E-state index is -0.225. The Labute approximate surface area is 90.0 Å². The van der Waals surface area contributed by atoms with Crippen LogP contribution in [0.2, 0.25) is 0 Å². The standard InChI is InChI=1S/C11H19NOS/c1-8(13)5-6-10-12-9(7-14-10)11(2,3)4/h7-8,13H,5-6H2,1-4H3. The van der Waals surface area contributed by atoms with E-state index in [0.717, 1.165) is 23.5 Å². The van der Waals surface area contributed by atoms with Gasteiger partial charge in [0.15, 0.2) is 0 Å². The Balaban J connectivity index is 2.60. The Kier molecular flexibility index (Phi) is 3.67. The van der Waals surface area contributed by atoms with Gasteiger partial charge in [0.05, 0.1) is 16.8 Å². The number of nitrogens with zero attached hydrogens (tertiary/aromatic N) is 1. The molecule has 1 heterocycles. The summed E-state index contributed by atoms with van der Waals surface area (Å²) >= 11 is 1.70. The van der Waals surface area contributed by atoms with Gasteiger partial charge in [-0.2, -0.15) is 0 Å². The van der Waals surface area contributed by atoms with Crippen molar-refractivity contribution in [2.24, 2.45) is 0 Å². The normalized spacial score (nSPS) is 14.4. The van der Waals surface area contributed by atoms with Gasteiger partial charge < -0.3 is 5.11 Å². The number of hydrogen-bond acceptors (Lipinski definition) is 3. The van der Waals surface area contributed by atoms with Gasteiger partial charge in [0.1, 0.15) is 0 Å². The molecular weight excluding hydrogens is 194 g/mol. The average molecular weight is 213 g/mol. The van der Waals surface area contributed by atoms with Gasteiger partial charge in [-0.15, -0.1) is 11.3 Å². The van der Waals surface area contributed by atoms with Crippen LogP contribution in [0.4, 0.5) is 0 Å². The lowest BCUT2D eigenvalue weighted by Gasteiger charge is -2.14. The van der Waals surface area contributed by atoms with E-state index in [1.54, 1.807) is 11.3 Å². The predicted molar refractivity (Wildman–Crippen MR) is 60.8 cm³/mol. The van der Waals surface area contributed by atoms with Gasteiger partial charge in [-0.05, 0) is 13.3 Å². The molecule has 0 saturated heterocycles. The lowest BCUT2D eigenvalue weighted by molar-refractivity contribution is 0.185. The van der Waals surface area contributed by atoms with Crippen molar-refractivity contribution in [3.05, 3.63) is 16.1 Å². The monoisotopic (exact) mass is 213 g/mol. The van der Waals surface area contributed by atoms with Crippen LogP contribution in [0.3, 0.4) is 0 Å². The molecule has 14 heavy (non-hydrogen) atoms. The number of rotatable bonds is 3. The van der Waals surface area contributed by atoms with E-state index < -0.39 is 0 Å². The van der Waals surface area contributed by atoms with E-state index in [9.17, 15) is 0 Å². The molecule has 1 N–H and O–H groups in total. The molecule has 1 unspecified atom stereocenters. The van der Waals surface area contributed by atoms with Crippen LogP contribution in [0.25, 0.3) is 0 Å². The Bertz CT molecular complexity index is 286. The van der Waals surface area contributed by atoms with Gasteiger partial charge in [0, 0.05) is 17.2 Å². The van der Waals surface area contributed by atoms with E-state index in [2.05, 4.69) is 31.1 Å². The second-order valence-corrected chi connectivity index (χ2v) is 5.71. The maximum Gasteiger partial charge on any atom is 0.0929 e. The molecule has 1 aromatic heterocycles. The molecule has 0 aliphatic carbocycles. The summed E-state index contributed by atoms with van der Waals surface area (Å²) in [7, 11) is 0. The van der Waals surface area contributed by atoms with Crippen LogP contribution in [0, 0.1) is 0 Å². The summed E-state index contributed by atoms with van der Waals surface area (Å²) in [6, 6.07) is 0. The number of aliphatic hydroxyl groups is 1. The Hall–Kier alpha value is -0.410. The highest BCUT2D eigenvalue weighted by Gasteiger charge is 2.17. The lowest BCUT2D eigenvalue weighted by atomic mass is 9.93. The van der Waals surface area contributed by atoms with Crippen molar-refractivity contribution >= 4 is 11.3 Å². The summed E-state index contributed by atoms with van der Waals surface area (Å²) in [5, 5.41) is 12.4. The third-order valence-corrected chi connectivity index (χ3v) is 3.00. The van der Waals surface area contributed by atoms with E-state index in [4.69, 9.17) is 5.11 Å². The molecule has 3 heteroatoms. The Morgan fingerprint density at radius 3 is 2.57 bits per heavy atom. The molecule has 2 nitrogen and oxygen atoms in total. The summed E-state index contributed by atoms with van der Waals surface area (Å²) in [4.78, 5) is 4.56. The number of aryl methyl sites for hydroxylation is 1. The van der Waals surface area contributed by atoms with Crippen molar-refractivity contribution < 1.29 is 5.11 Å². The zero-order valence-electron chi connectivity index (χ0n) is 9.37. The molecule has 0 fully saturated rings. The summed E-state index contributed by atoms with van der Waals surface area (Å²) < 4.78 is 0. The predicted octanol–water partition coefficient (Wildman–Crippen LogP) is 2.75. The van der Waals surface area contributed by atoms with Crippen LogP contribution < -0.4 is 0 Å². The topological polar surface area (TPSA) is 33.1 Å². The first kappa shape index (κ1) is 11.7. The zero-order valence-corrected chi connectivity index (χ0v) is 10.2. The minimum absolute atomic E-state index is 0.138. The fourth-order valence-electron chi connectivity index (χ4n) is 1.10. The average Bonchev–Trinajstić information content (AvgIpc) is 2.47. The third kappa shape index (κ3) is 3.39. The largest absolute Gasteiger partial charge is 0.393 e. The highest BCUT2D eigenvalue weighted by Crippen LogP contribution is 2.24. The summed E-state index contributed by atoms with van der Waals surface area (Å²) in [6.07, 6.45) is 1.46. The highest BCUT2D eigenvalue weighted by atomic mass is 32.1. The lowest BCUT2D eigenvalue weighted by Crippen LogP contribution is -2.11. The van der Waals surface area contributed by atoms with Crippen LogP contribution in [-0.4, -0.2) is 16.2 Å². The molecule has 0 radical (unpaired) electrons. The quantitative estimate of drug-likeness (QED) is 0.837. The first-order valence-electron chi connectivity index (χ1n) is 5.02. The van der Waals surface area contributed by atoms with Crippen LogP contribution in [0.5, 0.6) is 0 Å². The van der Waals surface area contributed by atoms with Crippen molar-refractivity contribution in [1.29, 1.82) is 0 Å². The van der Waals surface area contributed by atoms with E-state index in [-0.39, 0.29) is 11.5 Å². The van der Waals surface area contributed by atoms with Crippen LogP contribution >= 0.6 is 11.3 Å². The van der Waals surface area contributed by atoms with Crippen molar-refractivity contribution in [2.75, 3.05) is 0 Å². The second-order valence-electron chi connectivity index (χ2n) is 4.76. The van der Waals surface area contributed by atoms with Crippen LogP contribution in [0.1, 0.15) is 44.8 Å². The molecule has 0 aliphatic rings. The molecule has 80 valence electrons. The molecule has 0 amide bonds. The fourth-order valence-corrected chi connectivity index (χ4v) is 2.14. The first-order chi connectivity index (χ1) is 6.39. The molecule has 0 saturated carbocycles. The number of aromatic nitrogens is 1. The Morgan fingerprint density at radius 1 is 1.50 bits per heavy atom. The van der Waals surface area contributed by atoms with Gasteiger partial charge in [-0.3, -0.25) is 0 Å². The third-order valence-electron chi connectivity index (χ3n) is 2.10. The smallest absolute Gasteiger partial charge is 0.0929 e. The maximum absolute atomic E-state index is 9.16. The summed E-state index contributed by atoms with van der Waals surface area (Å²) in [5.74, 6) is 0. The van der Waals surface area contributed by atoms with Crippen molar-refractivity contribution in [3.63, 3.8) is 0 Å². The molecule has 0 aromatic carbocycles. The molecule has 0 bridgehead atoms. The number of hydrogen-bond donors (Lipinski definition) is 1. The second kappa shape index (κ2) is 4.41. The van der Waals surface area contributed by atoms with Crippen LogP contribution in [0.15, 0.2) is 5.38 Å². The van der Waals surface area contributed by atoms with Crippen molar-refractivity contribution in [1.82, 2.24) is 4.98 Å². The van der Waals surface area contributed by atoms with E-state index in [0.29, 0.717) is 0 Å². The summed E-state index contributed by atoms with van der Waals surface area (Å²) in [6.45, 7) is 8.32. The molecule has 1 atom stereocenters.